The van der Waals surface area contributed by atoms with Gasteiger partial charge in [0.1, 0.15) is 6.10 Å². The monoisotopic (exact) mass is 532 g/mol. The van der Waals surface area contributed by atoms with Crippen molar-refractivity contribution < 1.29 is 18.4 Å². The Bertz CT molecular complexity index is 833. The second-order valence-corrected chi connectivity index (χ2v) is 22.3. The Hall–Kier alpha value is -1.48. The topological polar surface area (TPSA) is 44.8 Å². The summed E-state index contributed by atoms with van der Waals surface area (Å²) in [7, 11) is -3.79. The number of carbonyl (C=O) groups is 1. The van der Waals surface area contributed by atoms with Gasteiger partial charge in [-0.25, -0.2) is 4.79 Å². The highest BCUT2D eigenvalue weighted by Gasteiger charge is 2.39. The van der Waals surface area contributed by atoms with E-state index in [0.29, 0.717) is 19.4 Å². The summed E-state index contributed by atoms with van der Waals surface area (Å²) < 4.78 is 18.8. The van der Waals surface area contributed by atoms with Crippen LogP contribution < -0.4 is 0 Å². The number of hydrogen-bond donors (Lipinski definition) is 0. The molecule has 0 aliphatic rings. The second kappa shape index (κ2) is 13.9. The lowest BCUT2D eigenvalue weighted by Crippen LogP contribution is -2.43. The van der Waals surface area contributed by atoms with Gasteiger partial charge in [0, 0.05) is 25.5 Å². The molecule has 1 aromatic rings. The van der Waals surface area contributed by atoms with Gasteiger partial charge in [-0.3, -0.25) is 0 Å². The maximum atomic E-state index is 12.0. The molecule has 0 bridgehead atoms. The quantitative estimate of drug-likeness (QED) is 0.104. The van der Waals surface area contributed by atoms with Crippen molar-refractivity contribution in [2.24, 2.45) is 0 Å². The van der Waals surface area contributed by atoms with E-state index in [1.165, 1.54) is 11.6 Å². The first kappa shape index (κ1) is 32.6. The van der Waals surface area contributed by atoms with E-state index in [4.69, 9.17) is 13.6 Å². The van der Waals surface area contributed by atoms with E-state index in [0.717, 1.165) is 12.8 Å². The van der Waals surface area contributed by atoms with Crippen LogP contribution in [-0.4, -0.2) is 41.4 Å². The molecule has 2 atom stereocenters. The molecule has 0 radical (unpaired) electrons. The van der Waals surface area contributed by atoms with Crippen LogP contribution >= 0.6 is 0 Å². The fraction of sp³-hybridized carbons (Fsp3) is 0.633. The van der Waals surface area contributed by atoms with Gasteiger partial charge in [-0.15, -0.1) is 0 Å². The molecule has 0 saturated carbocycles. The number of rotatable bonds is 14. The predicted molar refractivity (Wildman–Crippen MR) is 158 cm³/mol. The van der Waals surface area contributed by atoms with Crippen LogP contribution in [0.25, 0.3) is 0 Å². The summed E-state index contributed by atoms with van der Waals surface area (Å²) in [6.07, 6.45) is 8.46. The molecule has 0 aliphatic carbocycles. The Morgan fingerprint density at radius 2 is 1.53 bits per heavy atom. The Morgan fingerprint density at radius 3 is 2.06 bits per heavy atom. The van der Waals surface area contributed by atoms with Gasteiger partial charge in [0.15, 0.2) is 16.6 Å². The standard InChI is InChI=1S/C30H52O4Si2/c1-12-28(31)33-26(23-24-32-35(8,9)29(2,3)4)19-16-20-27(34-36(10,11)30(5,6)7)22-21-25-17-14-13-15-18-25/h12-18,20,26-27H,1,19,21-24H2,2-11H3/b20-16+/t26-,27-/m1/s1. The Labute approximate surface area is 223 Å². The molecular formula is C30H52O4Si2. The van der Waals surface area contributed by atoms with Crippen LogP contribution in [0.1, 0.15) is 66.4 Å². The lowest BCUT2D eigenvalue weighted by atomic mass is 10.1. The molecule has 1 rings (SSSR count). The van der Waals surface area contributed by atoms with E-state index < -0.39 is 16.6 Å². The van der Waals surface area contributed by atoms with Crippen molar-refractivity contribution in [2.75, 3.05) is 6.61 Å². The number of benzene rings is 1. The molecule has 4 nitrogen and oxygen atoms in total. The normalized spacial score (nSPS) is 15.1. The van der Waals surface area contributed by atoms with Crippen LogP contribution in [-0.2, 0) is 24.8 Å². The predicted octanol–water partition coefficient (Wildman–Crippen LogP) is 8.47. The molecule has 0 aromatic heterocycles. The summed E-state index contributed by atoms with van der Waals surface area (Å²) in [6.45, 7) is 26.7. The van der Waals surface area contributed by atoms with Gasteiger partial charge in [-0.1, -0.05) is 90.6 Å². The van der Waals surface area contributed by atoms with Crippen LogP contribution in [0.2, 0.25) is 36.3 Å². The Balaban J connectivity index is 2.91. The molecule has 0 fully saturated rings. The van der Waals surface area contributed by atoms with E-state index in [-0.39, 0.29) is 28.3 Å². The lowest BCUT2D eigenvalue weighted by molar-refractivity contribution is -0.143. The maximum Gasteiger partial charge on any atom is 0.330 e. The zero-order valence-corrected chi connectivity index (χ0v) is 26.6. The van der Waals surface area contributed by atoms with E-state index >= 15 is 0 Å². The minimum atomic E-state index is -1.94. The van der Waals surface area contributed by atoms with Crippen LogP contribution in [0.5, 0.6) is 0 Å². The second-order valence-electron chi connectivity index (χ2n) is 12.8. The minimum absolute atomic E-state index is 0.0188. The van der Waals surface area contributed by atoms with Crippen LogP contribution in [0.15, 0.2) is 55.1 Å². The third kappa shape index (κ3) is 11.3. The van der Waals surface area contributed by atoms with Gasteiger partial charge in [-0.2, -0.15) is 0 Å². The van der Waals surface area contributed by atoms with Crippen molar-refractivity contribution in [3.63, 3.8) is 0 Å². The average Bonchev–Trinajstić information content (AvgIpc) is 2.75. The zero-order chi connectivity index (χ0) is 27.6. The van der Waals surface area contributed by atoms with Crippen LogP contribution in [0.3, 0.4) is 0 Å². The first-order chi connectivity index (χ1) is 16.5. The number of aryl methyl sites for hydroxylation is 1. The summed E-state index contributed by atoms with van der Waals surface area (Å²) in [6, 6.07) is 10.5. The molecule has 0 unspecified atom stereocenters. The largest absolute Gasteiger partial charge is 0.459 e. The van der Waals surface area contributed by atoms with Gasteiger partial charge >= 0.3 is 5.97 Å². The average molecular weight is 533 g/mol. The number of esters is 1. The van der Waals surface area contributed by atoms with Gasteiger partial charge in [0.25, 0.3) is 0 Å². The van der Waals surface area contributed by atoms with Crippen LogP contribution in [0, 0.1) is 0 Å². The van der Waals surface area contributed by atoms with Crippen molar-refractivity contribution >= 4 is 22.6 Å². The van der Waals surface area contributed by atoms with Crippen molar-refractivity contribution in [1.82, 2.24) is 0 Å². The summed E-state index contributed by atoms with van der Waals surface area (Å²) in [4.78, 5) is 12.0. The number of ether oxygens (including phenoxy) is 1. The summed E-state index contributed by atoms with van der Waals surface area (Å²) in [5.41, 5.74) is 1.32. The molecule has 0 heterocycles. The third-order valence-corrected chi connectivity index (χ3v) is 16.8. The number of hydrogen-bond acceptors (Lipinski definition) is 4. The highest BCUT2D eigenvalue weighted by atomic mass is 28.4. The highest BCUT2D eigenvalue weighted by Crippen LogP contribution is 2.38. The molecule has 0 spiro atoms. The summed E-state index contributed by atoms with van der Waals surface area (Å²) in [5, 5.41) is 0.280. The fourth-order valence-electron chi connectivity index (χ4n) is 3.18. The smallest absolute Gasteiger partial charge is 0.330 e. The number of carbonyl (C=O) groups excluding carboxylic acids is 1. The van der Waals surface area contributed by atoms with Crippen molar-refractivity contribution in [1.29, 1.82) is 0 Å². The van der Waals surface area contributed by atoms with Crippen molar-refractivity contribution in [2.45, 2.75) is 116 Å². The van der Waals surface area contributed by atoms with Gasteiger partial charge < -0.3 is 13.6 Å². The van der Waals surface area contributed by atoms with E-state index in [1.54, 1.807) is 0 Å². The van der Waals surface area contributed by atoms with E-state index in [9.17, 15) is 4.79 Å². The Kier molecular flexibility index (Phi) is 12.6. The van der Waals surface area contributed by atoms with Gasteiger partial charge in [0.05, 0.1) is 6.10 Å². The first-order valence-electron chi connectivity index (χ1n) is 13.3. The van der Waals surface area contributed by atoms with Crippen LogP contribution in [0.4, 0.5) is 0 Å². The SMILES string of the molecule is C=CC(=O)O[C@H](C/C=C/[C@H](CCc1ccccc1)O[Si](C)(C)C(C)(C)C)CCO[Si](C)(C)C(C)(C)C. The highest BCUT2D eigenvalue weighted by molar-refractivity contribution is 6.74. The fourth-order valence-corrected chi connectivity index (χ4v) is 5.55. The molecule has 0 N–H and O–H groups in total. The van der Waals surface area contributed by atoms with Crippen molar-refractivity contribution in [3.05, 3.63) is 60.7 Å². The maximum absolute atomic E-state index is 12.0. The zero-order valence-electron chi connectivity index (χ0n) is 24.6. The molecule has 0 saturated heterocycles. The molecule has 204 valence electrons. The van der Waals surface area contributed by atoms with Gasteiger partial charge in [-0.05, 0) is 54.7 Å². The summed E-state index contributed by atoms with van der Waals surface area (Å²) >= 11 is 0. The van der Waals surface area contributed by atoms with Gasteiger partial charge in [0.2, 0.25) is 0 Å². The molecule has 36 heavy (non-hydrogen) atoms. The lowest BCUT2D eigenvalue weighted by Gasteiger charge is -2.38. The Morgan fingerprint density at radius 1 is 0.944 bits per heavy atom. The van der Waals surface area contributed by atoms with E-state index in [1.807, 2.05) is 6.07 Å². The first-order valence-corrected chi connectivity index (χ1v) is 19.2. The molecule has 1 aromatic carbocycles. The molecule has 6 heteroatoms. The summed E-state index contributed by atoms with van der Waals surface area (Å²) in [5.74, 6) is -0.390. The molecular weight excluding hydrogens is 480 g/mol. The van der Waals surface area contributed by atoms with Crippen molar-refractivity contribution in [3.8, 4) is 0 Å². The van der Waals surface area contributed by atoms with E-state index in [2.05, 4.69) is 111 Å². The molecule has 0 amide bonds. The molecule has 0 aliphatic heterocycles. The third-order valence-electron chi connectivity index (χ3n) is 7.72. The minimum Gasteiger partial charge on any atom is -0.459 e.